The van der Waals surface area contributed by atoms with Crippen molar-refractivity contribution in [1.29, 1.82) is 0 Å². The molecular formula is C15H18ClN3O. The van der Waals surface area contributed by atoms with E-state index in [2.05, 4.69) is 16.5 Å². The van der Waals surface area contributed by atoms with E-state index >= 15 is 0 Å². The highest BCUT2D eigenvalue weighted by atomic mass is 35.5. The van der Waals surface area contributed by atoms with Gasteiger partial charge in [0.2, 0.25) is 0 Å². The molecule has 2 aromatic rings. The smallest absolute Gasteiger partial charge is 0.124 e. The van der Waals surface area contributed by atoms with Crippen molar-refractivity contribution in [2.24, 2.45) is 7.05 Å². The van der Waals surface area contributed by atoms with Crippen LogP contribution in [0.1, 0.15) is 29.4 Å². The summed E-state index contributed by atoms with van der Waals surface area (Å²) in [6.07, 6.45) is 0.964. The first-order valence-electron chi connectivity index (χ1n) is 6.80. The van der Waals surface area contributed by atoms with E-state index in [9.17, 15) is 0 Å². The highest BCUT2D eigenvalue weighted by Gasteiger charge is 2.21. The first-order valence-corrected chi connectivity index (χ1v) is 7.17. The first-order chi connectivity index (χ1) is 9.66. The number of ether oxygens (including phenoxy) is 1. The standard InChI is InChI=1S/C15H18ClN3O/c1-10-15(16)13(19(2)18-10)9-17-12-7-8-20-14-6-4-3-5-11(12)14/h3-6,12,17H,7-9H2,1-2H3. The fraction of sp³-hybridized carbons (Fsp3) is 0.400. The molecule has 0 fully saturated rings. The summed E-state index contributed by atoms with van der Waals surface area (Å²) in [7, 11) is 1.92. The Morgan fingerprint density at radius 1 is 1.45 bits per heavy atom. The second-order valence-electron chi connectivity index (χ2n) is 5.08. The van der Waals surface area contributed by atoms with Crippen LogP contribution in [0.15, 0.2) is 24.3 Å². The Kier molecular flexibility index (Phi) is 3.68. The highest BCUT2D eigenvalue weighted by molar-refractivity contribution is 6.31. The van der Waals surface area contributed by atoms with Gasteiger partial charge in [-0.3, -0.25) is 4.68 Å². The minimum atomic E-state index is 0.297. The quantitative estimate of drug-likeness (QED) is 0.945. The van der Waals surface area contributed by atoms with Crippen LogP contribution < -0.4 is 10.1 Å². The van der Waals surface area contributed by atoms with Crippen LogP contribution in [0.25, 0.3) is 0 Å². The number of halogens is 1. The normalized spacial score (nSPS) is 17.6. The van der Waals surface area contributed by atoms with Gasteiger partial charge in [-0.2, -0.15) is 5.10 Å². The van der Waals surface area contributed by atoms with Gasteiger partial charge >= 0.3 is 0 Å². The molecule has 5 heteroatoms. The molecule has 1 N–H and O–H groups in total. The van der Waals surface area contributed by atoms with Crippen molar-refractivity contribution in [3.63, 3.8) is 0 Å². The summed E-state index contributed by atoms with van der Waals surface area (Å²) < 4.78 is 7.52. The Labute approximate surface area is 123 Å². The number of hydrogen-bond acceptors (Lipinski definition) is 3. The van der Waals surface area contributed by atoms with Crippen molar-refractivity contribution >= 4 is 11.6 Å². The molecule has 1 aliphatic rings. The Bertz CT molecular complexity index is 624. The molecule has 0 amide bonds. The van der Waals surface area contributed by atoms with E-state index in [1.807, 2.05) is 36.9 Å². The number of aryl methyl sites for hydroxylation is 2. The molecule has 106 valence electrons. The van der Waals surface area contributed by atoms with Crippen LogP contribution in [-0.2, 0) is 13.6 Å². The van der Waals surface area contributed by atoms with Crippen molar-refractivity contribution in [2.45, 2.75) is 25.9 Å². The predicted molar refractivity (Wildman–Crippen MR) is 79.1 cm³/mol. The highest BCUT2D eigenvalue weighted by Crippen LogP contribution is 2.32. The van der Waals surface area contributed by atoms with Gasteiger partial charge in [0.15, 0.2) is 0 Å². The Balaban J connectivity index is 1.77. The van der Waals surface area contributed by atoms with Crippen LogP contribution in [0, 0.1) is 6.92 Å². The Morgan fingerprint density at radius 2 is 2.25 bits per heavy atom. The minimum absolute atomic E-state index is 0.297. The molecule has 0 aliphatic carbocycles. The van der Waals surface area contributed by atoms with Crippen LogP contribution in [0.4, 0.5) is 0 Å². The molecule has 0 bridgehead atoms. The number of hydrogen-bond donors (Lipinski definition) is 1. The average molecular weight is 292 g/mol. The number of nitrogens with one attached hydrogen (secondary N) is 1. The monoisotopic (exact) mass is 291 g/mol. The number of rotatable bonds is 3. The van der Waals surface area contributed by atoms with Crippen LogP contribution >= 0.6 is 11.6 Å². The molecule has 4 nitrogen and oxygen atoms in total. The van der Waals surface area contributed by atoms with Gasteiger partial charge in [0, 0.05) is 31.6 Å². The molecule has 3 rings (SSSR count). The van der Waals surface area contributed by atoms with Gasteiger partial charge in [0.05, 0.1) is 23.0 Å². The number of aromatic nitrogens is 2. The van der Waals surface area contributed by atoms with E-state index in [0.717, 1.165) is 35.2 Å². The molecule has 1 atom stereocenters. The van der Waals surface area contributed by atoms with Crippen LogP contribution in [0.3, 0.4) is 0 Å². The maximum Gasteiger partial charge on any atom is 0.124 e. The van der Waals surface area contributed by atoms with E-state index < -0.39 is 0 Å². The summed E-state index contributed by atoms with van der Waals surface area (Å²) in [6.45, 7) is 3.37. The third kappa shape index (κ3) is 2.41. The molecule has 1 unspecified atom stereocenters. The van der Waals surface area contributed by atoms with E-state index in [0.29, 0.717) is 12.6 Å². The fourth-order valence-corrected chi connectivity index (χ4v) is 2.87. The molecule has 2 heterocycles. The molecule has 0 saturated heterocycles. The zero-order valence-electron chi connectivity index (χ0n) is 11.7. The maximum atomic E-state index is 6.28. The molecular weight excluding hydrogens is 274 g/mol. The number of benzene rings is 1. The van der Waals surface area contributed by atoms with Gasteiger partial charge in [-0.15, -0.1) is 0 Å². The predicted octanol–water partition coefficient (Wildman–Crippen LogP) is 3.00. The lowest BCUT2D eigenvalue weighted by Gasteiger charge is -2.26. The van der Waals surface area contributed by atoms with Gasteiger partial charge in [-0.05, 0) is 13.0 Å². The molecule has 0 spiro atoms. The molecule has 0 saturated carbocycles. The lowest BCUT2D eigenvalue weighted by atomic mass is 10.0. The fourth-order valence-electron chi connectivity index (χ4n) is 2.65. The van der Waals surface area contributed by atoms with Crippen LogP contribution in [0.5, 0.6) is 5.75 Å². The van der Waals surface area contributed by atoms with Crippen molar-refractivity contribution in [2.75, 3.05) is 6.61 Å². The largest absolute Gasteiger partial charge is 0.493 e. The van der Waals surface area contributed by atoms with E-state index in [4.69, 9.17) is 16.3 Å². The second-order valence-corrected chi connectivity index (χ2v) is 5.46. The summed E-state index contributed by atoms with van der Waals surface area (Å²) in [5.41, 5.74) is 3.11. The summed E-state index contributed by atoms with van der Waals surface area (Å²) in [4.78, 5) is 0. The van der Waals surface area contributed by atoms with Gasteiger partial charge in [-0.25, -0.2) is 0 Å². The third-order valence-electron chi connectivity index (χ3n) is 3.74. The third-order valence-corrected chi connectivity index (χ3v) is 4.23. The molecule has 1 aliphatic heterocycles. The van der Waals surface area contributed by atoms with E-state index in [-0.39, 0.29) is 0 Å². The topological polar surface area (TPSA) is 39.1 Å². The summed E-state index contributed by atoms with van der Waals surface area (Å²) in [5.74, 6) is 0.975. The molecule has 1 aromatic heterocycles. The van der Waals surface area contributed by atoms with Gasteiger partial charge in [0.1, 0.15) is 5.75 Å². The Morgan fingerprint density at radius 3 is 3.00 bits per heavy atom. The Hall–Kier alpha value is -1.52. The van der Waals surface area contributed by atoms with Crippen LogP contribution in [-0.4, -0.2) is 16.4 Å². The zero-order valence-corrected chi connectivity index (χ0v) is 12.4. The number of para-hydroxylation sites is 1. The van der Waals surface area contributed by atoms with E-state index in [1.54, 1.807) is 0 Å². The molecule has 20 heavy (non-hydrogen) atoms. The minimum Gasteiger partial charge on any atom is -0.493 e. The molecule has 1 aromatic carbocycles. The van der Waals surface area contributed by atoms with Crippen molar-refractivity contribution in [1.82, 2.24) is 15.1 Å². The summed E-state index contributed by atoms with van der Waals surface area (Å²) in [6, 6.07) is 8.48. The lowest BCUT2D eigenvalue weighted by molar-refractivity contribution is 0.251. The van der Waals surface area contributed by atoms with Crippen molar-refractivity contribution in [3.8, 4) is 5.75 Å². The van der Waals surface area contributed by atoms with Crippen molar-refractivity contribution < 1.29 is 4.74 Å². The average Bonchev–Trinajstić information content (AvgIpc) is 2.70. The van der Waals surface area contributed by atoms with E-state index in [1.165, 1.54) is 5.56 Å². The SMILES string of the molecule is Cc1nn(C)c(CNC2CCOc3ccccc32)c1Cl. The van der Waals surface area contributed by atoms with Crippen molar-refractivity contribution in [3.05, 3.63) is 46.2 Å². The summed E-state index contributed by atoms with van der Waals surface area (Å²) in [5, 5.41) is 8.65. The molecule has 0 radical (unpaired) electrons. The lowest BCUT2D eigenvalue weighted by Crippen LogP contribution is -2.27. The second kappa shape index (κ2) is 5.46. The van der Waals surface area contributed by atoms with Gasteiger partial charge in [-0.1, -0.05) is 29.8 Å². The van der Waals surface area contributed by atoms with Crippen LogP contribution in [0.2, 0.25) is 5.02 Å². The van der Waals surface area contributed by atoms with Gasteiger partial charge < -0.3 is 10.1 Å². The zero-order chi connectivity index (χ0) is 14.1. The number of nitrogens with zero attached hydrogens (tertiary/aromatic N) is 2. The van der Waals surface area contributed by atoms with Gasteiger partial charge in [0.25, 0.3) is 0 Å². The summed E-state index contributed by atoms with van der Waals surface area (Å²) >= 11 is 6.28. The first kappa shape index (κ1) is 13.5. The number of fused-ring (bicyclic) bond motifs is 1. The maximum absolute atomic E-state index is 6.28.